The zero-order valence-electron chi connectivity index (χ0n) is 13.8. The van der Waals surface area contributed by atoms with Gasteiger partial charge in [0.1, 0.15) is 12.0 Å². The van der Waals surface area contributed by atoms with Crippen LogP contribution in [0.4, 0.5) is 26.3 Å². The minimum atomic E-state index is -5.00. The maximum absolute atomic E-state index is 13.2. The molecule has 1 N–H and O–H groups in total. The maximum atomic E-state index is 13.2. The molecule has 0 amide bonds. The lowest BCUT2D eigenvalue weighted by atomic mass is 9.99. The van der Waals surface area contributed by atoms with E-state index in [2.05, 4.69) is 9.98 Å². The van der Waals surface area contributed by atoms with E-state index < -0.39 is 47.7 Å². The van der Waals surface area contributed by atoms with Crippen molar-refractivity contribution in [1.82, 2.24) is 4.98 Å². The monoisotopic (exact) mass is 392 g/mol. The van der Waals surface area contributed by atoms with E-state index in [0.717, 1.165) is 12.1 Å². The van der Waals surface area contributed by atoms with E-state index in [9.17, 15) is 36.2 Å². The molecule has 0 aliphatic rings. The van der Waals surface area contributed by atoms with Crippen LogP contribution in [0.3, 0.4) is 0 Å². The van der Waals surface area contributed by atoms with Gasteiger partial charge in [-0.2, -0.15) is 26.3 Å². The Bertz CT molecular complexity index is 861. The molecule has 0 fully saturated rings. The van der Waals surface area contributed by atoms with Gasteiger partial charge in [0.25, 0.3) is 0 Å². The van der Waals surface area contributed by atoms with Crippen LogP contribution in [0.1, 0.15) is 29.8 Å². The molecule has 0 aliphatic carbocycles. The number of fused-ring (bicyclic) bond motifs is 1. The summed E-state index contributed by atoms with van der Waals surface area (Å²) in [5.74, 6) is -0.575. The molecule has 0 bridgehead atoms. The first-order valence-corrected chi connectivity index (χ1v) is 7.66. The van der Waals surface area contributed by atoms with Gasteiger partial charge in [-0.1, -0.05) is 19.1 Å². The summed E-state index contributed by atoms with van der Waals surface area (Å²) in [6, 6.07) is 3.30. The maximum Gasteiger partial charge on any atom is 0.433 e. The van der Waals surface area contributed by atoms with Gasteiger partial charge in [0.15, 0.2) is 0 Å². The average Bonchev–Trinajstić information content (AvgIpc) is 2.58. The van der Waals surface area contributed by atoms with E-state index in [1.807, 2.05) is 0 Å². The van der Waals surface area contributed by atoms with Gasteiger partial charge in [0, 0.05) is 17.5 Å². The first-order chi connectivity index (χ1) is 12.4. The minimum absolute atomic E-state index is 0.260. The number of aldehydes is 1. The molecule has 1 aromatic carbocycles. The standard InChI is InChI=1S/C17H14F6N2O2/c1-9(8-26)6-24-7-13(27)11-5-14(17(21,22)23)25-15-10(11)3-2-4-12(15)16(18,19)20/h2-6,8-9,13,27H,7H2,1H3. The summed E-state index contributed by atoms with van der Waals surface area (Å²) >= 11 is 0. The third kappa shape index (κ3) is 4.82. The molecular weight excluding hydrogens is 378 g/mol. The number of nitrogens with zero attached hydrogens (tertiary/aromatic N) is 2. The molecule has 0 spiro atoms. The molecule has 0 aliphatic heterocycles. The Morgan fingerprint density at radius 2 is 1.85 bits per heavy atom. The number of aliphatic hydroxyl groups is 1. The van der Waals surface area contributed by atoms with E-state index in [1.165, 1.54) is 13.1 Å². The Balaban J connectivity index is 2.63. The van der Waals surface area contributed by atoms with Crippen molar-refractivity contribution < 1.29 is 36.2 Å². The number of hydrogen-bond acceptors (Lipinski definition) is 4. The summed E-state index contributed by atoms with van der Waals surface area (Å²) in [6.07, 6.45) is -9.79. The Hall–Kier alpha value is -2.49. The summed E-state index contributed by atoms with van der Waals surface area (Å²) in [5.41, 5.74) is -4.17. The van der Waals surface area contributed by atoms with Crippen LogP contribution in [0.25, 0.3) is 10.9 Å². The molecule has 2 rings (SSSR count). The van der Waals surface area contributed by atoms with E-state index in [0.29, 0.717) is 18.4 Å². The van der Waals surface area contributed by atoms with Crippen LogP contribution in [-0.2, 0) is 17.1 Å². The Morgan fingerprint density at radius 3 is 2.41 bits per heavy atom. The highest BCUT2D eigenvalue weighted by Gasteiger charge is 2.37. The third-order valence-electron chi connectivity index (χ3n) is 3.66. The normalized spacial score (nSPS) is 15.3. The number of carbonyl (C=O) groups is 1. The van der Waals surface area contributed by atoms with Crippen molar-refractivity contribution in [1.29, 1.82) is 0 Å². The topological polar surface area (TPSA) is 62.5 Å². The highest BCUT2D eigenvalue weighted by atomic mass is 19.4. The largest absolute Gasteiger partial charge is 0.433 e. The van der Waals surface area contributed by atoms with Gasteiger partial charge >= 0.3 is 12.4 Å². The number of halogens is 6. The molecule has 2 aromatic rings. The van der Waals surface area contributed by atoms with Gasteiger partial charge in [-0.3, -0.25) is 4.99 Å². The summed E-state index contributed by atoms with van der Waals surface area (Å²) < 4.78 is 78.8. The zero-order chi connectivity index (χ0) is 20.4. The first kappa shape index (κ1) is 20.8. The Morgan fingerprint density at radius 1 is 1.19 bits per heavy atom. The van der Waals surface area contributed by atoms with Gasteiger partial charge < -0.3 is 9.90 Å². The van der Waals surface area contributed by atoms with Crippen LogP contribution < -0.4 is 0 Å². The summed E-state index contributed by atoms with van der Waals surface area (Å²) in [5, 5.41) is 9.95. The molecule has 0 saturated heterocycles. The molecule has 1 heterocycles. The van der Waals surface area contributed by atoms with Crippen LogP contribution >= 0.6 is 0 Å². The molecule has 2 atom stereocenters. The molecule has 27 heavy (non-hydrogen) atoms. The number of alkyl halides is 6. The molecule has 0 saturated carbocycles. The van der Waals surface area contributed by atoms with Crippen LogP contribution in [0.5, 0.6) is 0 Å². The van der Waals surface area contributed by atoms with Crippen molar-refractivity contribution in [3.05, 3.63) is 41.1 Å². The van der Waals surface area contributed by atoms with Crippen molar-refractivity contribution in [3.63, 3.8) is 0 Å². The predicted molar refractivity (Wildman–Crippen MR) is 85.3 cm³/mol. The molecular formula is C17H14F6N2O2. The van der Waals surface area contributed by atoms with E-state index in [-0.39, 0.29) is 10.9 Å². The van der Waals surface area contributed by atoms with Crippen molar-refractivity contribution in [2.24, 2.45) is 10.9 Å². The minimum Gasteiger partial charge on any atom is -0.386 e. The van der Waals surface area contributed by atoms with Gasteiger partial charge in [0.05, 0.1) is 23.7 Å². The summed E-state index contributed by atoms with van der Waals surface area (Å²) in [6.45, 7) is 1.08. The molecule has 4 nitrogen and oxygen atoms in total. The fraction of sp³-hybridized carbons (Fsp3) is 0.353. The fourth-order valence-corrected chi connectivity index (χ4v) is 2.38. The Kier molecular flexibility index (Phi) is 5.88. The molecule has 10 heteroatoms. The number of rotatable bonds is 5. The van der Waals surface area contributed by atoms with Crippen LogP contribution in [0.2, 0.25) is 0 Å². The Labute approximate surface area is 149 Å². The second kappa shape index (κ2) is 7.63. The smallest absolute Gasteiger partial charge is 0.386 e. The predicted octanol–water partition coefficient (Wildman–Crippen LogP) is 4.21. The second-order valence-corrected chi connectivity index (χ2v) is 5.82. The number of hydrogen-bond donors (Lipinski definition) is 1. The molecule has 1 aromatic heterocycles. The number of carbonyl (C=O) groups excluding carboxylic acids is 1. The van der Waals surface area contributed by atoms with Crippen LogP contribution in [-0.4, -0.2) is 29.1 Å². The third-order valence-corrected chi connectivity index (χ3v) is 3.66. The van der Waals surface area contributed by atoms with E-state index in [1.54, 1.807) is 0 Å². The van der Waals surface area contributed by atoms with Crippen molar-refractivity contribution in [2.75, 3.05) is 6.54 Å². The summed E-state index contributed by atoms with van der Waals surface area (Å²) in [4.78, 5) is 17.4. The number of pyridine rings is 1. The number of aliphatic hydroxyl groups excluding tert-OH is 1. The number of aliphatic imine (C=N–C) groups is 1. The molecule has 146 valence electrons. The first-order valence-electron chi connectivity index (χ1n) is 7.66. The van der Waals surface area contributed by atoms with Crippen LogP contribution in [0, 0.1) is 5.92 Å². The number of aromatic nitrogens is 1. The average molecular weight is 392 g/mol. The van der Waals surface area contributed by atoms with Gasteiger partial charge in [0.2, 0.25) is 0 Å². The van der Waals surface area contributed by atoms with E-state index in [4.69, 9.17) is 0 Å². The lowest BCUT2D eigenvalue weighted by molar-refractivity contribution is -0.142. The summed E-state index contributed by atoms with van der Waals surface area (Å²) in [7, 11) is 0. The van der Waals surface area contributed by atoms with Gasteiger partial charge in [-0.15, -0.1) is 0 Å². The lowest BCUT2D eigenvalue weighted by Crippen LogP contribution is -2.14. The van der Waals surface area contributed by atoms with Crippen molar-refractivity contribution in [2.45, 2.75) is 25.4 Å². The fourth-order valence-electron chi connectivity index (χ4n) is 2.38. The number of benzene rings is 1. The lowest BCUT2D eigenvalue weighted by Gasteiger charge is -2.17. The molecule has 0 radical (unpaired) electrons. The SMILES string of the molecule is CC(C=O)C=NCC(O)c1cc(C(F)(F)F)nc2c(C(F)(F)F)cccc12. The van der Waals surface area contributed by atoms with Gasteiger partial charge in [-0.25, -0.2) is 4.98 Å². The van der Waals surface area contributed by atoms with E-state index >= 15 is 0 Å². The number of para-hydroxylation sites is 1. The highest BCUT2D eigenvalue weighted by Crippen LogP contribution is 2.38. The second-order valence-electron chi connectivity index (χ2n) is 5.82. The van der Waals surface area contributed by atoms with Crippen molar-refractivity contribution >= 4 is 23.4 Å². The van der Waals surface area contributed by atoms with Crippen LogP contribution in [0.15, 0.2) is 29.3 Å². The quantitative estimate of drug-likeness (QED) is 0.471. The van der Waals surface area contributed by atoms with Crippen molar-refractivity contribution in [3.8, 4) is 0 Å². The zero-order valence-corrected chi connectivity index (χ0v) is 13.8. The van der Waals surface area contributed by atoms with Gasteiger partial charge in [-0.05, 0) is 17.7 Å². The molecule has 2 unspecified atom stereocenters. The highest BCUT2D eigenvalue weighted by molar-refractivity contribution is 5.86.